The molecule has 0 saturated heterocycles. The first-order valence-corrected chi connectivity index (χ1v) is 7.68. The van der Waals surface area contributed by atoms with Crippen LogP contribution in [0.5, 0.6) is 0 Å². The number of thioether (sulfide) groups is 1. The average Bonchev–Trinajstić information content (AvgIpc) is 2.52. The predicted molar refractivity (Wildman–Crippen MR) is 81.9 cm³/mol. The summed E-state index contributed by atoms with van der Waals surface area (Å²) in [5.41, 5.74) is 0.965. The summed E-state index contributed by atoms with van der Waals surface area (Å²) in [7, 11) is 0. The van der Waals surface area contributed by atoms with Gasteiger partial charge in [-0.05, 0) is 42.2 Å². The molecule has 1 amide bonds. The third kappa shape index (κ3) is 4.31. The molecule has 110 valence electrons. The van der Waals surface area contributed by atoms with Crippen molar-refractivity contribution in [2.24, 2.45) is 0 Å². The van der Waals surface area contributed by atoms with Crippen molar-refractivity contribution < 1.29 is 14.3 Å². The number of aliphatic hydroxyl groups is 1. The molecule has 0 radical (unpaired) electrons. The quantitative estimate of drug-likeness (QED) is 0.835. The minimum absolute atomic E-state index is 0.0773. The molecule has 1 atom stereocenters. The monoisotopic (exact) mass is 305 g/mol. The van der Waals surface area contributed by atoms with E-state index in [-0.39, 0.29) is 12.1 Å². The number of hydrogen-bond donors (Lipinski definition) is 2. The Morgan fingerprint density at radius 1 is 1.29 bits per heavy atom. The van der Waals surface area contributed by atoms with Gasteiger partial charge in [0.25, 0.3) is 5.91 Å². The van der Waals surface area contributed by atoms with Gasteiger partial charge in [0.05, 0.1) is 6.10 Å². The Kier molecular flexibility index (Phi) is 5.36. The first-order valence-electron chi connectivity index (χ1n) is 6.46. The largest absolute Gasteiger partial charge is 0.387 e. The van der Waals surface area contributed by atoms with Gasteiger partial charge in [0.1, 0.15) is 5.82 Å². The van der Waals surface area contributed by atoms with Crippen LogP contribution in [-0.4, -0.2) is 23.8 Å². The highest BCUT2D eigenvalue weighted by atomic mass is 32.2. The van der Waals surface area contributed by atoms with Crippen LogP contribution in [0.4, 0.5) is 4.39 Å². The predicted octanol–water partition coefficient (Wildman–Crippen LogP) is 3.01. The van der Waals surface area contributed by atoms with Crippen LogP contribution in [0.1, 0.15) is 22.0 Å². The molecule has 0 aliphatic heterocycles. The van der Waals surface area contributed by atoms with Gasteiger partial charge in [-0.25, -0.2) is 4.39 Å². The zero-order valence-electron chi connectivity index (χ0n) is 11.5. The molecular formula is C16H16FNO2S. The molecule has 5 heteroatoms. The van der Waals surface area contributed by atoms with E-state index in [1.54, 1.807) is 11.8 Å². The van der Waals surface area contributed by atoms with Crippen molar-refractivity contribution in [2.75, 3.05) is 12.8 Å². The lowest BCUT2D eigenvalue weighted by molar-refractivity contribution is 0.0916. The first-order chi connectivity index (χ1) is 10.1. The van der Waals surface area contributed by atoms with Crippen LogP contribution in [-0.2, 0) is 0 Å². The van der Waals surface area contributed by atoms with Crippen molar-refractivity contribution in [3.05, 3.63) is 65.5 Å². The lowest BCUT2D eigenvalue weighted by Crippen LogP contribution is -2.28. The Morgan fingerprint density at radius 3 is 2.62 bits per heavy atom. The number of benzene rings is 2. The van der Waals surface area contributed by atoms with E-state index in [1.807, 2.05) is 30.5 Å². The van der Waals surface area contributed by atoms with Crippen molar-refractivity contribution in [1.29, 1.82) is 0 Å². The van der Waals surface area contributed by atoms with Crippen LogP contribution in [0.3, 0.4) is 0 Å². The van der Waals surface area contributed by atoms with Crippen LogP contribution < -0.4 is 5.32 Å². The second-order valence-corrected chi connectivity index (χ2v) is 5.39. The number of amides is 1. The summed E-state index contributed by atoms with van der Waals surface area (Å²) in [5.74, 6) is -0.870. The summed E-state index contributed by atoms with van der Waals surface area (Å²) in [6, 6.07) is 12.9. The number of hydrogen-bond acceptors (Lipinski definition) is 3. The highest BCUT2D eigenvalue weighted by Crippen LogP contribution is 2.18. The van der Waals surface area contributed by atoms with E-state index >= 15 is 0 Å². The van der Waals surface area contributed by atoms with Crippen molar-refractivity contribution in [3.63, 3.8) is 0 Å². The van der Waals surface area contributed by atoms with E-state index in [4.69, 9.17) is 0 Å². The Morgan fingerprint density at radius 2 is 2.00 bits per heavy atom. The molecule has 0 aromatic heterocycles. The molecule has 1 unspecified atom stereocenters. The van der Waals surface area contributed by atoms with Crippen LogP contribution in [0.25, 0.3) is 0 Å². The maximum absolute atomic E-state index is 13.0. The van der Waals surface area contributed by atoms with Gasteiger partial charge in [-0.2, -0.15) is 0 Å². The molecule has 0 saturated carbocycles. The van der Waals surface area contributed by atoms with E-state index in [0.29, 0.717) is 0 Å². The number of nitrogens with one attached hydrogen (secondary N) is 1. The van der Waals surface area contributed by atoms with Crippen LogP contribution in [0, 0.1) is 5.82 Å². The van der Waals surface area contributed by atoms with Crippen LogP contribution >= 0.6 is 11.8 Å². The standard InChI is InChI=1S/C16H16FNO2S/c1-21-14-7-5-11(6-8-14)15(19)10-18-16(20)12-3-2-4-13(17)9-12/h2-9,15,19H,10H2,1H3,(H,18,20). The number of aliphatic hydroxyl groups excluding tert-OH is 1. The fraction of sp³-hybridized carbons (Fsp3) is 0.188. The zero-order valence-corrected chi connectivity index (χ0v) is 12.4. The Bertz CT molecular complexity index is 616. The Balaban J connectivity index is 1.93. The number of halogens is 1. The maximum atomic E-state index is 13.0. The second-order valence-electron chi connectivity index (χ2n) is 4.51. The molecule has 2 rings (SSSR count). The molecule has 0 aliphatic rings. The van der Waals surface area contributed by atoms with Gasteiger partial charge in [0.2, 0.25) is 0 Å². The lowest BCUT2D eigenvalue weighted by Gasteiger charge is -2.12. The molecule has 0 fully saturated rings. The topological polar surface area (TPSA) is 49.3 Å². The van der Waals surface area contributed by atoms with Gasteiger partial charge >= 0.3 is 0 Å². The summed E-state index contributed by atoms with van der Waals surface area (Å²) in [5, 5.41) is 12.6. The summed E-state index contributed by atoms with van der Waals surface area (Å²) in [4.78, 5) is 12.9. The third-order valence-corrected chi connectivity index (χ3v) is 3.79. The normalized spacial score (nSPS) is 12.0. The minimum Gasteiger partial charge on any atom is -0.387 e. The van der Waals surface area contributed by atoms with E-state index in [2.05, 4.69) is 5.32 Å². The van der Waals surface area contributed by atoms with E-state index in [1.165, 1.54) is 18.2 Å². The van der Waals surface area contributed by atoms with Gasteiger partial charge in [0.15, 0.2) is 0 Å². The first kappa shape index (κ1) is 15.5. The number of carbonyl (C=O) groups is 1. The number of rotatable bonds is 5. The van der Waals surface area contributed by atoms with Crippen molar-refractivity contribution in [1.82, 2.24) is 5.32 Å². The molecule has 21 heavy (non-hydrogen) atoms. The molecule has 0 bridgehead atoms. The molecule has 3 nitrogen and oxygen atoms in total. The summed E-state index contributed by atoms with van der Waals surface area (Å²) < 4.78 is 13.0. The van der Waals surface area contributed by atoms with Gasteiger partial charge in [-0.15, -0.1) is 11.8 Å². The van der Waals surface area contributed by atoms with Crippen molar-refractivity contribution in [2.45, 2.75) is 11.0 Å². The Hall–Kier alpha value is -1.85. The van der Waals surface area contributed by atoms with E-state index in [9.17, 15) is 14.3 Å². The molecule has 2 aromatic rings. The van der Waals surface area contributed by atoms with Crippen LogP contribution in [0.15, 0.2) is 53.4 Å². The minimum atomic E-state index is -0.793. The van der Waals surface area contributed by atoms with E-state index in [0.717, 1.165) is 16.5 Å². The Labute approximate surface area is 127 Å². The zero-order chi connectivity index (χ0) is 15.2. The van der Waals surface area contributed by atoms with Gasteiger partial charge < -0.3 is 10.4 Å². The van der Waals surface area contributed by atoms with Gasteiger partial charge in [-0.1, -0.05) is 18.2 Å². The SMILES string of the molecule is CSc1ccc(C(O)CNC(=O)c2cccc(F)c2)cc1. The molecule has 0 aliphatic carbocycles. The average molecular weight is 305 g/mol. The van der Waals surface area contributed by atoms with Gasteiger partial charge in [-0.3, -0.25) is 4.79 Å². The lowest BCUT2D eigenvalue weighted by atomic mass is 10.1. The molecule has 0 spiro atoms. The molecule has 0 heterocycles. The van der Waals surface area contributed by atoms with Crippen LogP contribution in [0.2, 0.25) is 0 Å². The summed E-state index contributed by atoms with van der Waals surface area (Å²) in [6.07, 6.45) is 1.18. The summed E-state index contributed by atoms with van der Waals surface area (Å²) >= 11 is 1.62. The van der Waals surface area contributed by atoms with Gasteiger partial charge in [0, 0.05) is 17.0 Å². The maximum Gasteiger partial charge on any atom is 0.251 e. The van der Waals surface area contributed by atoms with Crippen molar-refractivity contribution >= 4 is 17.7 Å². The number of carbonyl (C=O) groups excluding carboxylic acids is 1. The fourth-order valence-corrected chi connectivity index (χ4v) is 2.27. The molecular weight excluding hydrogens is 289 g/mol. The molecule has 2 N–H and O–H groups in total. The highest BCUT2D eigenvalue weighted by Gasteiger charge is 2.11. The summed E-state index contributed by atoms with van der Waals surface area (Å²) in [6.45, 7) is 0.0773. The third-order valence-electron chi connectivity index (χ3n) is 3.04. The fourth-order valence-electron chi connectivity index (χ4n) is 1.87. The smallest absolute Gasteiger partial charge is 0.251 e. The van der Waals surface area contributed by atoms with E-state index < -0.39 is 17.8 Å². The van der Waals surface area contributed by atoms with Crippen molar-refractivity contribution in [3.8, 4) is 0 Å². The highest BCUT2D eigenvalue weighted by molar-refractivity contribution is 7.98. The second kappa shape index (κ2) is 7.24. The molecule has 2 aromatic carbocycles.